The third-order valence-corrected chi connectivity index (χ3v) is 5.87. The Balaban J connectivity index is 1.56. The van der Waals surface area contributed by atoms with Gasteiger partial charge >= 0.3 is 0 Å². The smallest absolute Gasteiger partial charge is 0.0142 e. The fourth-order valence-electron chi connectivity index (χ4n) is 4.44. The molecule has 1 heterocycles. The van der Waals surface area contributed by atoms with Gasteiger partial charge in [-0.1, -0.05) is 48.0 Å². The average molecular weight is 305 g/mol. The van der Waals surface area contributed by atoms with Crippen molar-refractivity contribution in [2.45, 2.75) is 58.0 Å². The zero-order valence-corrected chi connectivity index (χ0v) is 14.4. The maximum absolute atomic E-state index is 2.76. The first-order valence-electron chi connectivity index (χ1n) is 9.15. The Morgan fingerprint density at radius 2 is 1.70 bits per heavy atom. The number of likely N-dealkylation sites (tertiary alicyclic amines) is 1. The predicted octanol–water partition coefficient (Wildman–Crippen LogP) is 5.00. The average Bonchev–Trinajstić information content (AvgIpc) is 3.01. The Morgan fingerprint density at radius 1 is 0.913 bits per heavy atom. The molecule has 2 aromatic carbocycles. The summed E-state index contributed by atoms with van der Waals surface area (Å²) in [6.45, 7) is 5.86. The van der Waals surface area contributed by atoms with Crippen LogP contribution in [0.15, 0.2) is 42.5 Å². The molecule has 2 unspecified atom stereocenters. The molecule has 1 nitrogen and oxygen atoms in total. The van der Waals surface area contributed by atoms with Gasteiger partial charge in [-0.3, -0.25) is 4.90 Å². The van der Waals surface area contributed by atoms with Crippen molar-refractivity contribution in [3.63, 3.8) is 0 Å². The Kier molecular flexibility index (Phi) is 3.98. The summed E-state index contributed by atoms with van der Waals surface area (Å²) in [6.07, 6.45) is 6.58. The summed E-state index contributed by atoms with van der Waals surface area (Å²) in [6, 6.07) is 17.6. The van der Waals surface area contributed by atoms with Crippen molar-refractivity contribution >= 4 is 0 Å². The van der Waals surface area contributed by atoms with Crippen LogP contribution in [0.4, 0.5) is 0 Å². The molecule has 1 aliphatic heterocycles. The molecule has 0 bridgehead atoms. The molecule has 1 aliphatic carbocycles. The van der Waals surface area contributed by atoms with E-state index in [4.69, 9.17) is 0 Å². The normalized spacial score (nSPS) is 24.6. The van der Waals surface area contributed by atoms with Gasteiger partial charge in [0.1, 0.15) is 0 Å². The standard InChI is InChI=1S/C22H27N/c1-16-5-7-18(8-6-16)19-9-10-21-15-22(12-11-20(21)14-19)23-13-3-4-17(23)2/h5-10,14,17,22H,3-4,11-13,15H2,1-2H3. The van der Waals surface area contributed by atoms with E-state index in [2.05, 4.69) is 61.2 Å². The molecule has 0 saturated carbocycles. The lowest BCUT2D eigenvalue weighted by Crippen LogP contribution is -2.41. The largest absolute Gasteiger partial charge is 0.297 e. The minimum Gasteiger partial charge on any atom is -0.297 e. The van der Waals surface area contributed by atoms with E-state index in [1.807, 2.05) is 0 Å². The van der Waals surface area contributed by atoms with Crippen molar-refractivity contribution in [3.8, 4) is 11.1 Å². The van der Waals surface area contributed by atoms with Crippen molar-refractivity contribution < 1.29 is 0 Å². The molecule has 0 N–H and O–H groups in total. The second kappa shape index (κ2) is 6.13. The second-order valence-electron chi connectivity index (χ2n) is 7.48. The predicted molar refractivity (Wildman–Crippen MR) is 97.8 cm³/mol. The molecule has 0 amide bonds. The van der Waals surface area contributed by atoms with Crippen LogP contribution in [0.5, 0.6) is 0 Å². The molecule has 2 aliphatic rings. The van der Waals surface area contributed by atoms with Gasteiger partial charge in [0.25, 0.3) is 0 Å². The van der Waals surface area contributed by atoms with Crippen LogP contribution >= 0.6 is 0 Å². The summed E-state index contributed by atoms with van der Waals surface area (Å²) in [5, 5.41) is 0. The van der Waals surface area contributed by atoms with Crippen molar-refractivity contribution in [1.82, 2.24) is 4.90 Å². The highest BCUT2D eigenvalue weighted by atomic mass is 15.2. The van der Waals surface area contributed by atoms with Gasteiger partial charge in [-0.15, -0.1) is 0 Å². The third kappa shape index (κ3) is 2.95. The lowest BCUT2D eigenvalue weighted by atomic mass is 9.85. The number of aryl methyl sites for hydroxylation is 2. The fraction of sp³-hybridized carbons (Fsp3) is 0.455. The molecule has 1 fully saturated rings. The van der Waals surface area contributed by atoms with Gasteiger partial charge in [0, 0.05) is 12.1 Å². The van der Waals surface area contributed by atoms with Crippen LogP contribution in [-0.4, -0.2) is 23.5 Å². The van der Waals surface area contributed by atoms with E-state index >= 15 is 0 Å². The molecule has 2 aromatic rings. The molecule has 4 rings (SSSR count). The van der Waals surface area contributed by atoms with Crippen molar-refractivity contribution in [3.05, 3.63) is 59.2 Å². The highest BCUT2D eigenvalue weighted by Gasteiger charge is 2.30. The van der Waals surface area contributed by atoms with E-state index in [1.165, 1.54) is 55.3 Å². The van der Waals surface area contributed by atoms with Crippen LogP contribution in [0, 0.1) is 6.92 Å². The van der Waals surface area contributed by atoms with Gasteiger partial charge in [-0.25, -0.2) is 0 Å². The quantitative estimate of drug-likeness (QED) is 0.754. The molecule has 0 radical (unpaired) electrons. The summed E-state index contributed by atoms with van der Waals surface area (Å²) in [4.78, 5) is 2.76. The lowest BCUT2D eigenvalue weighted by molar-refractivity contribution is 0.174. The Labute approximate surface area is 140 Å². The van der Waals surface area contributed by atoms with E-state index in [-0.39, 0.29) is 0 Å². The monoisotopic (exact) mass is 305 g/mol. The SMILES string of the molecule is Cc1ccc(-c2ccc3c(c2)CCC(N2CCCC2C)C3)cc1. The zero-order valence-electron chi connectivity index (χ0n) is 14.4. The summed E-state index contributed by atoms with van der Waals surface area (Å²) >= 11 is 0. The zero-order chi connectivity index (χ0) is 15.8. The molecular formula is C22H27N. The molecule has 2 atom stereocenters. The van der Waals surface area contributed by atoms with Gasteiger partial charge in [-0.2, -0.15) is 0 Å². The summed E-state index contributed by atoms with van der Waals surface area (Å²) in [7, 11) is 0. The van der Waals surface area contributed by atoms with Crippen LogP contribution in [0.3, 0.4) is 0 Å². The van der Waals surface area contributed by atoms with Crippen LogP contribution < -0.4 is 0 Å². The van der Waals surface area contributed by atoms with Crippen molar-refractivity contribution in [2.24, 2.45) is 0 Å². The highest BCUT2D eigenvalue weighted by Crippen LogP contribution is 2.32. The molecule has 0 spiro atoms. The molecule has 1 saturated heterocycles. The molecular weight excluding hydrogens is 278 g/mol. The van der Waals surface area contributed by atoms with E-state index in [0.717, 1.165) is 12.1 Å². The van der Waals surface area contributed by atoms with Crippen LogP contribution in [-0.2, 0) is 12.8 Å². The Bertz CT molecular complexity index is 686. The van der Waals surface area contributed by atoms with E-state index in [9.17, 15) is 0 Å². The first-order valence-corrected chi connectivity index (χ1v) is 9.15. The number of rotatable bonds is 2. The maximum atomic E-state index is 2.76. The van der Waals surface area contributed by atoms with E-state index in [1.54, 1.807) is 11.1 Å². The minimum absolute atomic E-state index is 0.769. The Hall–Kier alpha value is -1.60. The lowest BCUT2D eigenvalue weighted by Gasteiger charge is -2.35. The second-order valence-corrected chi connectivity index (χ2v) is 7.48. The topological polar surface area (TPSA) is 3.24 Å². The highest BCUT2D eigenvalue weighted by molar-refractivity contribution is 5.65. The van der Waals surface area contributed by atoms with Gasteiger partial charge in [-0.05, 0) is 74.8 Å². The van der Waals surface area contributed by atoms with Crippen molar-refractivity contribution in [2.75, 3.05) is 6.54 Å². The molecule has 0 aromatic heterocycles. The van der Waals surface area contributed by atoms with Crippen LogP contribution in [0.2, 0.25) is 0 Å². The van der Waals surface area contributed by atoms with Gasteiger partial charge in [0.2, 0.25) is 0 Å². The van der Waals surface area contributed by atoms with Gasteiger partial charge in [0.15, 0.2) is 0 Å². The summed E-state index contributed by atoms with van der Waals surface area (Å²) < 4.78 is 0. The van der Waals surface area contributed by atoms with Crippen LogP contribution in [0.1, 0.15) is 42.9 Å². The number of hydrogen-bond donors (Lipinski definition) is 0. The molecule has 23 heavy (non-hydrogen) atoms. The van der Waals surface area contributed by atoms with E-state index < -0.39 is 0 Å². The number of benzene rings is 2. The first kappa shape index (κ1) is 15.0. The van der Waals surface area contributed by atoms with Crippen molar-refractivity contribution in [1.29, 1.82) is 0 Å². The number of nitrogens with zero attached hydrogens (tertiary/aromatic N) is 1. The van der Waals surface area contributed by atoms with Gasteiger partial charge in [0.05, 0.1) is 0 Å². The third-order valence-electron chi connectivity index (χ3n) is 5.87. The number of fused-ring (bicyclic) bond motifs is 1. The summed E-state index contributed by atoms with van der Waals surface area (Å²) in [5.74, 6) is 0. The van der Waals surface area contributed by atoms with Gasteiger partial charge < -0.3 is 0 Å². The minimum atomic E-state index is 0.769. The summed E-state index contributed by atoms with van der Waals surface area (Å²) in [5.41, 5.74) is 7.20. The molecule has 1 heteroatoms. The molecule has 120 valence electrons. The first-order chi connectivity index (χ1) is 11.2. The fourth-order valence-corrected chi connectivity index (χ4v) is 4.44. The van der Waals surface area contributed by atoms with Crippen LogP contribution in [0.25, 0.3) is 11.1 Å². The number of hydrogen-bond acceptors (Lipinski definition) is 1. The maximum Gasteiger partial charge on any atom is 0.0142 e. The Morgan fingerprint density at radius 3 is 2.43 bits per heavy atom. The van der Waals surface area contributed by atoms with E-state index in [0.29, 0.717) is 0 Å².